The molecular formula is C19H27BrO2. The number of carbonyl (C=O) groups is 1. The fourth-order valence-corrected chi connectivity index (χ4v) is 7.38. The monoisotopic (exact) mass is 366 g/mol. The number of ketones is 1. The fourth-order valence-electron chi connectivity index (χ4n) is 6.46. The van der Waals surface area contributed by atoms with Gasteiger partial charge in [0.25, 0.3) is 0 Å². The molecule has 0 amide bonds. The molecule has 1 N–H and O–H groups in total. The summed E-state index contributed by atoms with van der Waals surface area (Å²) < 4.78 is 0. The summed E-state index contributed by atoms with van der Waals surface area (Å²) in [6.45, 7) is 4.67. The molecule has 4 rings (SSSR count). The lowest BCUT2D eigenvalue weighted by Crippen LogP contribution is -2.50. The van der Waals surface area contributed by atoms with Crippen molar-refractivity contribution in [2.75, 3.05) is 0 Å². The van der Waals surface area contributed by atoms with E-state index in [-0.39, 0.29) is 21.8 Å². The van der Waals surface area contributed by atoms with Crippen LogP contribution in [0.5, 0.6) is 0 Å². The SMILES string of the molecule is C[C@]12CCC(O)C=C1CC[C@@H]1[C@H]2CC[C@]2(C)C(=O)C(Br)C[C@@H]12. The molecule has 0 saturated heterocycles. The highest BCUT2D eigenvalue weighted by Crippen LogP contribution is 2.65. The molecule has 4 aliphatic rings. The minimum absolute atomic E-state index is 0.0823. The smallest absolute Gasteiger partial charge is 0.152 e. The third-order valence-electron chi connectivity index (χ3n) is 7.79. The molecule has 0 aliphatic heterocycles. The van der Waals surface area contributed by atoms with E-state index in [1.165, 1.54) is 18.4 Å². The Morgan fingerprint density at radius 2 is 1.86 bits per heavy atom. The summed E-state index contributed by atoms with van der Waals surface area (Å²) in [6.07, 6.45) is 9.58. The van der Waals surface area contributed by atoms with Gasteiger partial charge in [0.05, 0.1) is 10.9 Å². The van der Waals surface area contributed by atoms with Gasteiger partial charge < -0.3 is 5.11 Å². The molecule has 2 nitrogen and oxygen atoms in total. The van der Waals surface area contributed by atoms with Gasteiger partial charge in [-0.25, -0.2) is 0 Å². The van der Waals surface area contributed by atoms with Crippen LogP contribution in [0.4, 0.5) is 0 Å². The largest absolute Gasteiger partial charge is 0.389 e. The molecular weight excluding hydrogens is 340 g/mol. The summed E-state index contributed by atoms with van der Waals surface area (Å²) in [5.74, 6) is 2.43. The van der Waals surface area contributed by atoms with Gasteiger partial charge in [0.2, 0.25) is 0 Å². The molecule has 0 aromatic heterocycles. The van der Waals surface area contributed by atoms with Crippen LogP contribution in [0.1, 0.15) is 58.8 Å². The molecule has 3 fully saturated rings. The molecule has 0 radical (unpaired) electrons. The van der Waals surface area contributed by atoms with Gasteiger partial charge in [0.15, 0.2) is 5.78 Å². The van der Waals surface area contributed by atoms with Crippen LogP contribution in [0.15, 0.2) is 11.6 Å². The molecule has 0 aromatic rings. The Balaban J connectivity index is 1.69. The molecule has 2 unspecified atom stereocenters. The second-order valence-electron chi connectivity index (χ2n) is 8.65. The van der Waals surface area contributed by atoms with Crippen LogP contribution < -0.4 is 0 Å². The quantitative estimate of drug-likeness (QED) is 0.513. The third kappa shape index (κ3) is 1.90. The minimum atomic E-state index is -0.228. The summed E-state index contributed by atoms with van der Waals surface area (Å²) in [5.41, 5.74) is 1.70. The Labute approximate surface area is 141 Å². The van der Waals surface area contributed by atoms with E-state index in [2.05, 4.69) is 35.9 Å². The Kier molecular flexibility index (Phi) is 3.44. The zero-order valence-corrected chi connectivity index (χ0v) is 15.2. The van der Waals surface area contributed by atoms with Gasteiger partial charge in [0.1, 0.15) is 0 Å². The van der Waals surface area contributed by atoms with E-state index in [4.69, 9.17) is 0 Å². The zero-order chi connectivity index (χ0) is 15.7. The zero-order valence-electron chi connectivity index (χ0n) is 13.6. The molecule has 122 valence electrons. The first-order chi connectivity index (χ1) is 10.4. The van der Waals surface area contributed by atoms with Gasteiger partial charge in [-0.2, -0.15) is 0 Å². The number of carbonyl (C=O) groups excluding carboxylic acids is 1. The number of aliphatic hydroxyl groups excluding tert-OH is 1. The lowest BCUT2D eigenvalue weighted by atomic mass is 9.47. The van der Waals surface area contributed by atoms with Crippen molar-refractivity contribution in [3.63, 3.8) is 0 Å². The fraction of sp³-hybridized carbons (Fsp3) is 0.842. The van der Waals surface area contributed by atoms with Gasteiger partial charge in [0, 0.05) is 5.41 Å². The number of fused-ring (bicyclic) bond motifs is 5. The highest BCUT2D eigenvalue weighted by molar-refractivity contribution is 9.10. The summed E-state index contributed by atoms with van der Waals surface area (Å²) in [7, 11) is 0. The van der Waals surface area contributed by atoms with E-state index in [0.717, 1.165) is 32.1 Å². The van der Waals surface area contributed by atoms with Crippen LogP contribution in [0.2, 0.25) is 0 Å². The van der Waals surface area contributed by atoms with Crippen molar-refractivity contribution in [1.82, 2.24) is 0 Å². The second kappa shape index (κ2) is 4.92. The summed E-state index contributed by atoms with van der Waals surface area (Å²) in [4.78, 5) is 12.7. The van der Waals surface area contributed by atoms with Crippen molar-refractivity contribution < 1.29 is 9.90 Å². The molecule has 0 heterocycles. The van der Waals surface area contributed by atoms with Crippen LogP contribution in [-0.2, 0) is 4.79 Å². The summed E-state index contributed by atoms with van der Waals surface area (Å²) in [6, 6.07) is 0. The van der Waals surface area contributed by atoms with E-state index in [1.54, 1.807) is 0 Å². The predicted molar refractivity (Wildman–Crippen MR) is 90.8 cm³/mol. The first kappa shape index (κ1) is 15.4. The summed E-state index contributed by atoms with van der Waals surface area (Å²) >= 11 is 3.64. The molecule has 0 spiro atoms. The Morgan fingerprint density at radius 3 is 2.64 bits per heavy atom. The van der Waals surface area contributed by atoms with Crippen LogP contribution >= 0.6 is 15.9 Å². The van der Waals surface area contributed by atoms with Crippen LogP contribution in [0, 0.1) is 28.6 Å². The number of aliphatic hydroxyl groups is 1. The normalized spacial score (nSPS) is 54.3. The number of hydrogen-bond acceptors (Lipinski definition) is 2. The van der Waals surface area contributed by atoms with Crippen LogP contribution in [0.25, 0.3) is 0 Å². The first-order valence-corrected chi connectivity index (χ1v) is 9.85. The number of rotatable bonds is 0. The topological polar surface area (TPSA) is 37.3 Å². The van der Waals surface area contributed by atoms with Gasteiger partial charge in [-0.3, -0.25) is 4.79 Å². The van der Waals surface area contributed by atoms with Crippen LogP contribution in [0.3, 0.4) is 0 Å². The molecule has 0 aromatic carbocycles. The Hall–Kier alpha value is -0.150. The predicted octanol–water partition coefficient (Wildman–Crippen LogP) is 4.25. The molecule has 7 atom stereocenters. The highest BCUT2D eigenvalue weighted by Gasteiger charge is 2.60. The van der Waals surface area contributed by atoms with Gasteiger partial charge in [-0.05, 0) is 68.1 Å². The molecule has 3 saturated carbocycles. The molecule has 22 heavy (non-hydrogen) atoms. The van der Waals surface area contributed by atoms with Gasteiger partial charge in [-0.15, -0.1) is 0 Å². The third-order valence-corrected chi connectivity index (χ3v) is 8.58. The van der Waals surface area contributed by atoms with Crippen molar-refractivity contribution in [2.45, 2.75) is 69.7 Å². The standard InChI is InChI=1S/C19H27BrO2/c1-18-7-5-12(21)9-11(18)3-4-13-14(18)6-8-19(2)15(13)10-16(20)17(19)22/h9,12-16,21H,3-8,10H2,1-2H3/t12?,13-,14-,15+,16?,18+,19+/m1/s1. The van der Waals surface area contributed by atoms with Gasteiger partial charge >= 0.3 is 0 Å². The van der Waals surface area contributed by atoms with E-state index in [9.17, 15) is 9.90 Å². The summed E-state index contributed by atoms with van der Waals surface area (Å²) in [5, 5.41) is 9.99. The van der Waals surface area contributed by atoms with E-state index >= 15 is 0 Å². The van der Waals surface area contributed by atoms with E-state index in [1.807, 2.05) is 0 Å². The minimum Gasteiger partial charge on any atom is -0.389 e. The lowest BCUT2D eigenvalue weighted by Gasteiger charge is -2.57. The van der Waals surface area contributed by atoms with Crippen molar-refractivity contribution in [2.24, 2.45) is 28.6 Å². The molecule has 0 bridgehead atoms. The number of Topliss-reactive ketones (excluding diaryl/α,β-unsaturated/α-hetero) is 1. The van der Waals surface area contributed by atoms with Crippen molar-refractivity contribution in [3.8, 4) is 0 Å². The van der Waals surface area contributed by atoms with Crippen LogP contribution in [-0.4, -0.2) is 21.8 Å². The Bertz CT molecular complexity index is 542. The van der Waals surface area contributed by atoms with Crippen molar-refractivity contribution >= 4 is 21.7 Å². The number of hydrogen-bond donors (Lipinski definition) is 1. The molecule has 3 heteroatoms. The molecule has 4 aliphatic carbocycles. The van der Waals surface area contributed by atoms with Crippen molar-refractivity contribution in [1.29, 1.82) is 0 Å². The average molecular weight is 367 g/mol. The maximum absolute atomic E-state index is 12.7. The maximum atomic E-state index is 12.7. The van der Waals surface area contributed by atoms with E-state index in [0.29, 0.717) is 23.5 Å². The Morgan fingerprint density at radius 1 is 1.14 bits per heavy atom. The first-order valence-electron chi connectivity index (χ1n) is 8.94. The second-order valence-corrected chi connectivity index (χ2v) is 9.76. The highest BCUT2D eigenvalue weighted by atomic mass is 79.9. The average Bonchev–Trinajstić information content (AvgIpc) is 2.72. The number of allylic oxidation sites excluding steroid dienone is 1. The van der Waals surface area contributed by atoms with E-state index < -0.39 is 0 Å². The number of alkyl halides is 1. The number of halogens is 1. The van der Waals surface area contributed by atoms with Gasteiger partial charge in [-0.1, -0.05) is 41.4 Å². The van der Waals surface area contributed by atoms with Crippen molar-refractivity contribution in [3.05, 3.63) is 11.6 Å². The lowest BCUT2D eigenvalue weighted by molar-refractivity contribution is -0.132. The maximum Gasteiger partial charge on any atom is 0.152 e.